The van der Waals surface area contributed by atoms with Crippen molar-refractivity contribution < 1.29 is 14.7 Å². The van der Waals surface area contributed by atoms with Crippen LogP contribution < -0.4 is 10.2 Å². The van der Waals surface area contributed by atoms with E-state index in [9.17, 15) is 14.7 Å². The first-order chi connectivity index (χ1) is 13.8. The molecule has 2 aromatic heterocycles. The van der Waals surface area contributed by atoms with Crippen molar-refractivity contribution in [2.75, 3.05) is 18.0 Å². The number of hydrogen-bond acceptors (Lipinski definition) is 5. The van der Waals surface area contributed by atoms with Crippen molar-refractivity contribution in [3.05, 3.63) is 32.0 Å². The molecule has 0 aliphatic carbocycles. The molecule has 0 unspecified atom stereocenters. The number of aryl methyl sites for hydroxylation is 2. The highest BCUT2D eigenvalue weighted by Crippen LogP contribution is 2.31. The second-order valence-corrected chi connectivity index (χ2v) is 8.90. The number of halogens is 2. The highest BCUT2D eigenvalue weighted by molar-refractivity contribution is 7.17. The number of piperidine rings is 1. The molecule has 0 radical (unpaired) electrons. The number of carboxylic acid groups (broad SMARTS) is 1. The second kappa shape index (κ2) is 9.36. The number of H-pyrrole nitrogens is 1. The molecule has 29 heavy (non-hydrogen) atoms. The molecule has 1 fully saturated rings. The molecule has 0 spiro atoms. The lowest BCUT2D eigenvalue weighted by atomic mass is 10.1. The molecule has 1 aliphatic heterocycles. The van der Waals surface area contributed by atoms with Crippen molar-refractivity contribution in [1.82, 2.24) is 15.3 Å². The van der Waals surface area contributed by atoms with Gasteiger partial charge in [-0.15, -0.1) is 0 Å². The number of thiazole rings is 1. The number of carbonyl (C=O) groups is 2. The van der Waals surface area contributed by atoms with Gasteiger partial charge in [0.2, 0.25) is 0 Å². The van der Waals surface area contributed by atoms with Crippen molar-refractivity contribution >= 4 is 51.5 Å². The molecule has 1 saturated heterocycles. The van der Waals surface area contributed by atoms with Gasteiger partial charge in [0.25, 0.3) is 5.91 Å². The van der Waals surface area contributed by atoms with E-state index in [0.717, 1.165) is 30.8 Å². The van der Waals surface area contributed by atoms with Crippen molar-refractivity contribution in [1.29, 1.82) is 0 Å². The fraction of sp³-hybridized carbons (Fsp3) is 0.526. The Hall–Kier alpha value is -1.77. The van der Waals surface area contributed by atoms with Crippen molar-refractivity contribution in [3.63, 3.8) is 0 Å². The number of aromatic carboxylic acids is 1. The van der Waals surface area contributed by atoms with Crippen LogP contribution in [0.15, 0.2) is 0 Å². The maximum Gasteiger partial charge on any atom is 0.347 e. The number of unbranched alkanes of at least 4 members (excludes halogenated alkanes) is 1. The molecule has 3 N–H and O–H groups in total. The maximum absolute atomic E-state index is 12.5. The van der Waals surface area contributed by atoms with Crippen LogP contribution in [0.3, 0.4) is 0 Å². The highest BCUT2D eigenvalue weighted by Gasteiger charge is 2.27. The minimum atomic E-state index is -0.918. The summed E-state index contributed by atoms with van der Waals surface area (Å²) in [7, 11) is 0. The van der Waals surface area contributed by atoms with Gasteiger partial charge in [0.05, 0.1) is 15.7 Å². The van der Waals surface area contributed by atoms with Gasteiger partial charge in [-0.2, -0.15) is 0 Å². The number of hydrogen-bond donors (Lipinski definition) is 3. The van der Waals surface area contributed by atoms with Crippen LogP contribution in [0.2, 0.25) is 10.0 Å². The smallest absolute Gasteiger partial charge is 0.347 e. The van der Waals surface area contributed by atoms with Crippen LogP contribution in [-0.2, 0) is 6.42 Å². The molecule has 3 rings (SSSR count). The maximum atomic E-state index is 12.5. The lowest BCUT2D eigenvalue weighted by molar-refractivity contribution is 0.0700. The van der Waals surface area contributed by atoms with E-state index < -0.39 is 5.97 Å². The summed E-state index contributed by atoms with van der Waals surface area (Å²) in [5.74, 6) is -1.19. The van der Waals surface area contributed by atoms with E-state index in [2.05, 4.69) is 27.1 Å². The summed E-state index contributed by atoms with van der Waals surface area (Å²) in [4.78, 5) is 34.0. The zero-order chi connectivity index (χ0) is 21.1. The van der Waals surface area contributed by atoms with Gasteiger partial charge in [0.1, 0.15) is 10.6 Å². The third-order valence-corrected chi connectivity index (χ3v) is 7.12. The number of rotatable bonds is 7. The monoisotopic (exact) mass is 458 g/mol. The Balaban J connectivity index is 1.61. The molecule has 1 aliphatic rings. The van der Waals surface area contributed by atoms with E-state index in [-0.39, 0.29) is 22.7 Å². The number of carboxylic acids is 1. The third kappa shape index (κ3) is 4.87. The van der Waals surface area contributed by atoms with Gasteiger partial charge in [-0.05, 0) is 32.6 Å². The van der Waals surface area contributed by atoms with Gasteiger partial charge < -0.3 is 20.3 Å². The fourth-order valence-electron chi connectivity index (χ4n) is 3.36. The molecular weight excluding hydrogens is 435 g/mol. The van der Waals surface area contributed by atoms with Gasteiger partial charge in [-0.25, -0.2) is 9.78 Å². The van der Waals surface area contributed by atoms with Gasteiger partial charge in [0.15, 0.2) is 5.13 Å². The largest absolute Gasteiger partial charge is 0.477 e. The molecule has 2 aromatic rings. The van der Waals surface area contributed by atoms with Crippen LogP contribution >= 0.6 is 34.5 Å². The minimum Gasteiger partial charge on any atom is -0.477 e. The Kier molecular flexibility index (Phi) is 7.08. The van der Waals surface area contributed by atoms with Crippen LogP contribution in [0.25, 0.3) is 0 Å². The molecule has 0 bridgehead atoms. The number of nitrogens with one attached hydrogen (secondary N) is 2. The van der Waals surface area contributed by atoms with E-state index in [1.165, 1.54) is 11.3 Å². The first kappa shape index (κ1) is 21.9. The summed E-state index contributed by atoms with van der Waals surface area (Å²) in [5.41, 5.74) is 1.61. The molecule has 0 atom stereocenters. The van der Waals surface area contributed by atoms with Crippen LogP contribution in [0.5, 0.6) is 0 Å². The van der Waals surface area contributed by atoms with E-state index >= 15 is 0 Å². The predicted molar refractivity (Wildman–Crippen MR) is 116 cm³/mol. The number of amides is 1. The standard InChI is InChI=1S/C19H24Cl2N4O3S/c1-3-4-5-12-16(18(27)28)29-19(24-12)25-8-6-11(7-9-25)23-17(26)15-14(21)13(20)10(2)22-15/h11,22H,3-9H2,1-2H3,(H,23,26)(H,27,28). The molecular formula is C19H24Cl2N4O3S. The van der Waals surface area contributed by atoms with Crippen LogP contribution in [0.4, 0.5) is 5.13 Å². The summed E-state index contributed by atoms with van der Waals surface area (Å²) in [5, 5.41) is 13.8. The average Bonchev–Trinajstić information content (AvgIpc) is 3.24. The van der Waals surface area contributed by atoms with Crippen molar-refractivity contribution in [2.45, 2.75) is 52.0 Å². The highest BCUT2D eigenvalue weighted by atomic mass is 35.5. The normalized spacial score (nSPS) is 15.0. The lowest BCUT2D eigenvalue weighted by Gasteiger charge is -2.32. The molecule has 1 amide bonds. The van der Waals surface area contributed by atoms with E-state index in [0.29, 0.717) is 40.8 Å². The molecule has 10 heteroatoms. The van der Waals surface area contributed by atoms with Crippen LogP contribution in [0.1, 0.15) is 64.2 Å². The molecule has 0 saturated carbocycles. The summed E-state index contributed by atoms with van der Waals surface area (Å²) >= 11 is 13.4. The van der Waals surface area contributed by atoms with Crippen molar-refractivity contribution in [2.24, 2.45) is 0 Å². The number of aromatic nitrogens is 2. The quantitative estimate of drug-likeness (QED) is 0.565. The van der Waals surface area contributed by atoms with Crippen molar-refractivity contribution in [3.8, 4) is 0 Å². The summed E-state index contributed by atoms with van der Waals surface area (Å²) in [6.07, 6.45) is 4.07. The number of anilines is 1. The van der Waals surface area contributed by atoms with Crippen LogP contribution in [-0.4, -0.2) is 46.1 Å². The van der Waals surface area contributed by atoms with Gasteiger partial charge in [-0.1, -0.05) is 47.9 Å². The average molecular weight is 459 g/mol. The summed E-state index contributed by atoms with van der Waals surface area (Å²) in [6, 6.07) is 0.00988. The Labute approximate surface area is 183 Å². The number of nitrogens with zero attached hydrogens (tertiary/aromatic N) is 2. The Bertz CT molecular complexity index is 904. The lowest BCUT2D eigenvalue weighted by Crippen LogP contribution is -2.44. The van der Waals surface area contributed by atoms with Gasteiger partial charge in [0, 0.05) is 24.8 Å². The Morgan fingerprint density at radius 2 is 2.00 bits per heavy atom. The summed E-state index contributed by atoms with van der Waals surface area (Å²) < 4.78 is 0. The van der Waals surface area contributed by atoms with Gasteiger partial charge in [-0.3, -0.25) is 4.79 Å². The first-order valence-corrected chi connectivity index (χ1v) is 11.2. The van der Waals surface area contributed by atoms with E-state index in [1.807, 2.05) is 0 Å². The first-order valence-electron chi connectivity index (χ1n) is 9.64. The predicted octanol–water partition coefficient (Wildman–Crippen LogP) is 4.53. The Morgan fingerprint density at radius 1 is 1.31 bits per heavy atom. The van der Waals surface area contributed by atoms with E-state index in [4.69, 9.17) is 23.2 Å². The third-order valence-electron chi connectivity index (χ3n) is 5.03. The number of carbonyl (C=O) groups excluding carboxylic acids is 1. The minimum absolute atomic E-state index is 0.00988. The fourth-order valence-corrected chi connectivity index (χ4v) is 4.78. The Morgan fingerprint density at radius 3 is 2.55 bits per heavy atom. The molecule has 0 aromatic carbocycles. The molecule has 3 heterocycles. The van der Waals surface area contributed by atoms with E-state index in [1.54, 1.807) is 6.92 Å². The molecule has 158 valence electrons. The second-order valence-electron chi connectivity index (χ2n) is 7.17. The number of aromatic amines is 1. The SMILES string of the molecule is CCCCc1nc(N2CCC(NC(=O)c3[nH]c(C)c(Cl)c3Cl)CC2)sc1C(=O)O. The molecule has 7 nitrogen and oxygen atoms in total. The van der Waals surface area contributed by atoms with Gasteiger partial charge >= 0.3 is 5.97 Å². The zero-order valence-corrected chi connectivity index (χ0v) is 18.7. The summed E-state index contributed by atoms with van der Waals surface area (Å²) in [6.45, 7) is 5.23. The topological polar surface area (TPSA) is 98.3 Å². The van der Waals surface area contributed by atoms with Crippen LogP contribution in [0, 0.1) is 6.92 Å². The zero-order valence-electron chi connectivity index (χ0n) is 16.3.